The van der Waals surface area contributed by atoms with Crippen LogP contribution in [0.1, 0.15) is 73.8 Å². The average Bonchev–Trinajstić information content (AvgIpc) is 2.99. The Morgan fingerprint density at radius 2 is 1.39 bits per heavy atom. The van der Waals surface area contributed by atoms with Crippen molar-refractivity contribution in [1.82, 2.24) is 0 Å². The number of hydrogen-bond acceptors (Lipinski definition) is 12. The minimum Gasteiger partial charge on any atom is -0.462 e. The molecule has 2 bridgehead atoms. The molecule has 1 aromatic rings. The van der Waals surface area contributed by atoms with E-state index in [-0.39, 0.29) is 23.1 Å². The lowest BCUT2D eigenvalue weighted by Crippen LogP contribution is -2.73. The Bertz CT molecular complexity index is 1620. The van der Waals surface area contributed by atoms with Crippen LogP contribution in [0.25, 0.3) is 6.08 Å². The number of aliphatic hydroxyl groups is 1. The first-order chi connectivity index (χ1) is 22.7. The molecule has 3 aliphatic rings. The molecule has 0 radical (unpaired) electrons. The number of carbonyl (C=O) groups is 6. The standard InChI is InChI=1S/C37H44O12/c1-19-26(42)18-37(44)33(47-23(5)40)31-20(2)27(49-29(43)16-15-25-13-11-10-12-14-25)17-28(45-21(3)38)36(31,9)34(48-24(6)41)32(46-22(4)39)30(19)35(37,7)8/h10-16,27-28,31-34,44H,2,17-18H2,1,3-9H3/t27?,28?,31?,32?,33?,34?,36-,37-/m1/s1. The van der Waals surface area contributed by atoms with E-state index in [1.54, 1.807) is 51.1 Å². The number of rotatable bonds is 7. The molecule has 12 nitrogen and oxygen atoms in total. The summed E-state index contributed by atoms with van der Waals surface area (Å²) in [6.45, 7) is 15.2. The van der Waals surface area contributed by atoms with Crippen LogP contribution in [0.2, 0.25) is 0 Å². The lowest BCUT2D eigenvalue weighted by atomic mass is 9.47. The number of Topliss-reactive ketones (excluding diaryl/α,β-unsaturated/α-hetero) is 1. The van der Waals surface area contributed by atoms with Crippen LogP contribution in [0.3, 0.4) is 0 Å². The quantitative estimate of drug-likeness (QED) is 0.191. The summed E-state index contributed by atoms with van der Waals surface area (Å²) in [7, 11) is 0. The maximum atomic E-state index is 13.7. The highest BCUT2D eigenvalue weighted by atomic mass is 16.6. The van der Waals surface area contributed by atoms with Gasteiger partial charge in [0.1, 0.15) is 23.9 Å². The maximum absolute atomic E-state index is 13.7. The van der Waals surface area contributed by atoms with Gasteiger partial charge in [-0.25, -0.2) is 4.79 Å². The van der Waals surface area contributed by atoms with Gasteiger partial charge in [0.15, 0.2) is 18.0 Å². The second-order valence-electron chi connectivity index (χ2n) is 13.7. The van der Waals surface area contributed by atoms with E-state index in [1.807, 2.05) is 6.07 Å². The molecule has 0 aliphatic heterocycles. The zero-order chi connectivity index (χ0) is 36.6. The highest BCUT2D eigenvalue weighted by molar-refractivity contribution is 5.98. The molecular weight excluding hydrogens is 636 g/mol. The van der Waals surface area contributed by atoms with Crippen molar-refractivity contribution in [1.29, 1.82) is 0 Å². The van der Waals surface area contributed by atoms with Crippen LogP contribution in [-0.2, 0) is 52.5 Å². The van der Waals surface area contributed by atoms with Crippen molar-refractivity contribution in [3.8, 4) is 0 Å². The molecule has 8 atom stereocenters. The number of benzene rings is 1. The first kappa shape index (κ1) is 37.2. The third-order valence-electron chi connectivity index (χ3n) is 10.2. The highest BCUT2D eigenvalue weighted by Crippen LogP contribution is 2.62. The molecule has 0 spiro atoms. The van der Waals surface area contributed by atoms with Crippen LogP contribution in [-0.4, -0.2) is 76.9 Å². The van der Waals surface area contributed by atoms with E-state index >= 15 is 0 Å². The summed E-state index contributed by atoms with van der Waals surface area (Å²) in [6.07, 6.45) is -4.95. The molecule has 0 heterocycles. The molecule has 2 fully saturated rings. The second-order valence-corrected chi connectivity index (χ2v) is 13.7. The number of fused-ring (bicyclic) bond motifs is 3. The molecule has 49 heavy (non-hydrogen) atoms. The number of hydrogen-bond donors (Lipinski definition) is 1. The van der Waals surface area contributed by atoms with E-state index in [9.17, 15) is 33.9 Å². The summed E-state index contributed by atoms with van der Waals surface area (Å²) >= 11 is 0. The fourth-order valence-corrected chi connectivity index (χ4v) is 7.93. The first-order valence-corrected chi connectivity index (χ1v) is 16.0. The first-order valence-electron chi connectivity index (χ1n) is 16.0. The van der Waals surface area contributed by atoms with Gasteiger partial charge in [0.05, 0.1) is 5.41 Å². The normalized spacial score (nSPS) is 32.3. The van der Waals surface area contributed by atoms with Gasteiger partial charge in [0.25, 0.3) is 0 Å². The van der Waals surface area contributed by atoms with Crippen molar-refractivity contribution >= 4 is 41.7 Å². The third kappa shape index (κ3) is 6.83. The minimum atomic E-state index is -2.18. The van der Waals surface area contributed by atoms with Crippen molar-refractivity contribution in [3.05, 3.63) is 65.3 Å². The van der Waals surface area contributed by atoms with Gasteiger partial charge in [-0.2, -0.15) is 0 Å². The molecule has 1 N–H and O–H groups in total. The predicted molar refractivity (Wildman–Crippen MR) is 174 cm³/mol. The fraction of sp³-hybridized carbons (Fsp3) is 0.514. The Morgan fingerprint density at radius 1 is 0.837 bits per heavy atom. The number of ketones is 1. The van der Waals surface area contributed by atoms with Gasteiger partial charge in [-0.1, -0.05) is 57.7 Å². The van der Waals surface area contributed by atoms with Crippen molar-refractivity contribution in [2.75, 3.05) is 0 Å². The molecule has 0 aromatic heterocycles. The Labute approximate surface area is 285 Å². The monoisotopic (exact) mass is 680 g/mol. The number of allylic oxidation sites excluding steroid dienone is 1. The van der Waals surface area contributed by atoms with Gasteiger partial charge in [-0.15, -0.1) is 0 Å². The highest BCUT2D eigenvalue weighted by Gasteiger charge is 2.72. The topological polar surface area (TPSA) is 169 Å². The predicted octanol–water partition coefficient (Wildman–Crippen LogP) is 3.98. The zero-order valence-corrected chi connectivity index (χ0v) is 29.1. The molecular formula is C37H44O12. The van der Waals surface area contributed by atoms with Gasteiger partial charge >= 0.3 is 29.8 Å². The summed E-state index contributed by atoms with van der Waals surface area (Å²) in [6, 6.07) is 9.00. The van der Waals surface area contributed by atoms with Gasteiger partial charge in [-0.3, -0.25) is 24.0 Å². The van der Waals surface area contributed by atoms with E-state index in [4.69, 9.17) is 23.7 Å². The van der Waals surface area contributed by atoms with Gasteiger partial charge in [-0.05, 0) is 35.3 Å². The summed E-state index contributed by atoms with van der Waals surface area (Å²) in [4.78, 5) is 78.1. The molecule has 0 amide bonds. The number of esters is 5. The minimum absolute atomic E-state index is 0.128. The Kier molecular flexibility index (Phi) is 10.4. The molecule has 1 aromatic carbocycles. The number of carbonyl (C=O) groups excluding carboxylic acids is 6. The van der Waals surface area contributed by atoms with Crippen molar-refractivity contribution in [3.63, 3.8) is 0 Å². The fourth-order valence-electron chi connectivity index (χ4n) is 7.93. The van der Waals surface area contributed by atoms with Gasteiger partial charge in [0, 0.05) is 57.9 Å². The summed E-state index contributed by atoms with van der Waals surface area (Å²) in [5.41, 5.74) is -4.15. The SMILES string of the molecule is C=C1C(OC(=O)C=Cc2ccccc2)CC(OC(C)=O)[C@@]2(C)C(OC(C)=O)C(OC(C)=O)C3=C(C)C(=O)C[C@@](O)(C(OC(C)=O)C12)C3(C)C. The Balaban J connectivity index is 2.03. The van der Waals surface area contributed by atoms with Gasteiger partial charge in [0.2, 0.25) is 0 Å². The van der Waals surface area contributed by atoms with E-state index in [2.05, 4.69) is 6.58 Å². The van der Waals surface area contributed by atoms with E-state index in [0.717, 1.165) is 26.3 Å². The van der Waals surface area contributed by atoms with Crippen LogP contribution in [0.15, 0.2) is 59.7 Å². The van der Waals surface area contributed by atoms with Crippen LogP contribution in [0.5, 0.6) is 0 Å². The zero-order valence-electron chi connectivity index (χ0n) is 29.1. The van der Waals surface area contributed by atoms with E-state index < -0.39 is 94.9 Å². The average molecular weight is 681 g/mol. The van der Waals surface area contributed by atoms with Crippen molar-refractivity contribution < 1.29 is 57.6 Å². The molecule has 264 valence electrons. The third-order valence-corrected chi connectivity index (χ3v) is 10.2. The molecule has 6 unspecified atom stereocenters. The largest absolute Gasteiger partial charge is 0.462 e. The van der Waals surface area contributed by atoms with Crippen LogP contribution in [0.4, 0.5) is 0 Å². The second kappa shape index (κ2) is 13.7. The van der Waals surface area contributed by atoms with Crippen LogP contribution >= 0.6 is 0 Å². The van der Waals surface area contributed by atoms with E-state index in [0.29, 0.717) is 0 Å². The Hall–Kier alpha value is -4.58. The lowest BCUT2D eigenvalue weighted by molar-refractivity contribution is -0.253. The maximum Gasteiger partial charge on any atom is 0.331 e. The van der Waals surface area contributed by atoms with Crippen molar-refractivity contribution in [2.24, 2.45) is 16.7 Å². The molecule has 2 saturated carbocycles. The van der Waals surface area contributed by atoms with Crippen LogP contribution in [0, 0.1) is 16.7 Å². The van der Waals surface area contributed by atoms with Crippen molar-refractivity contribution in [2.45, 2.75) is 104 Å². The molecule has 12 heteroatoms. The van der Waals surface area contributed by atoms with Crippen LogP contribution < -0.4 is 0 Å². The van der Waals surface area contributed by atoms with Gasteiger partial charge < -0.3 is 28.8 Å². The summed E-state index contributed by atoms with van der Waals surface area (Å²) < 4.78 is 29.6. The smallest absolute Gasteiger partial charge is 0.331 e. The lowest BCUT2D eigenvalue weighted by Gasteiger charge is -2.63. The summed E-state index contributed by atoms with van der Waals surface area (Å²) in [5, 5.41) is 12.8. The Morgan fingerprint density at radius 3 is 1.94 bits per heavy atom. The molecule has 0 saturated heterocycles. The number of ether oxygens (including phenoxy) is 5. The molecule has 4 rings (SSSR count). The summed E-state index contributed by atoms with van der Waals surface area (Å²) in [5.74, 6) is -5.75. The molecule has 3 aliphatic carbocycles. The van der Waals surface area contributed by atoms with E-state index in [1.165, 1.54) is 19.9 Å².